The van der Waals surface area contributed by atoms with Crippen molar-refractivity contribution in [3.63, 3.8) is 0 Å². The molecule has 23 fully saturated rings. The zero-order valence-electron chi connectivity index (χ0n) is 33.5. The molecule has 0 radical (unpaired) electrons. The molecular weight excluding hydrogens is 880 g/mol. The van der Waals surface area contributed by atoms with Crippen LogP contribution in [-0.4, -0.2) is 295 Å². The van der Waals surface area contributed by atoms with Crippen LogP contribution in [0, 0.1) is 0 Å². The van der Waals surface area contributed by atoms with E-state index in [1.807, 2.05) is 0 Å². The van der Waals surface area contributed by atoms with Gasteiger partial charge in [-0.15, -0.1) is 0 Å². The van der Waals surface area contributed by atoms with Crippen LogP contribution in [-0.2, 0) is 66.3 Å². The maximum Gasteiger partial charge on any atom is 0.187 e. The Bertz CT molecular complexity index is 1550. The van der Waals surface area contributed by atoms with Crippen molar-refractivity contribution >= 4 is 0 Å². The van der Waals surface area contributed by atoms with Gasteiger partial charge in [0.2, 0.25) is 0 Å². The number of hydrogen-bond donors (Lipinski definition) is 14. The van der Waals surface area contributed by atoms with E-state index in [1.54, 1.807) is 0 Å². The Labute approximate surface area is 361 Å². The summed E-state index contributed by atoms with van der Waals surface area (Å²) < 4.78 is 81.6. The highest BCUT2D eigenvalue weighted by molar-refractivity contribution is 5.05. The molecule has 0 aromatic heterocycles. The lowest BCUT2D eigenvalue weighted by Gasteiger charge is -2.49. The lowest BCUT2D eigenvalue weighted by atomic mass is 9.95. The van der Waals surface area contributed by atoms with Gasteiger partial charge in [0.15, 0.2) is 37.7 Å². The van der Waals surface area contributed by atoms with E-state index in [9.17, 15) is 71.5 Å². The monoisotopic (exact) mass is 936 g/mol. The van der Waals surface area contributed by atoms with Crippen molar-refractivity contribution < 1.29 is 138 Å². The largest absolute Gasteiger partial charge is 0.394 e. The van der Waals surface area contributed by atoms with Gasteiger partial charge in [-0.3, -0.25) is 0 Å². The number of aliphatic hydroxyl groups excluding tert-OH is 14. The molecule has 0 aromatic carbocycles. The minimum Gasteiger partial charge on any atom is -0.394 e. The summed E-state index contributed by atoms with van der Waals surface area (Å²) in [4.78, 5) is 0. The van der Waals surface area contributed by atoms with E-state index in [-0.39, 0.29) is 6.61 Å². The van der Waals surface area contributed by atoms with Crippen LogP contribution in [0.1, 0.15) is 0 Å². The molecule has 0 unspecified atom stereocenters. The standard InChI is InChI=1S/C36H56O28/c37-1-7-22-13(42)17(46)31(52-7)60-23-8(2-38)54-33(19(48)15(23)44)63-26-11(5-41)56-36(30-29(26)58-30)62-25-10(4-40)55-34(20(49)16(25)45)64-27-12-6-51-28(27)21(50)35(57-12)61-24-9(3-39)53-32(59-22)18(47)14(24)43/h7-50H,1-6H2/t7-,8-,9-,10-,11-,12-,13-,14-,15-,16-,17-,18-,19-,20-,21-,22-,23-,24-,25-,26-,27-,28-,29+,30+,31-,32-,33-,34-,35-,36-/m1/s1. The highest BCUT2D eigenvalue weighted by Gasteiger charge is 2.63. The van der Waals surface area contributed by atoms with Gasteiger partial charge in [-0.25, -0.2) is 0 Å². The highest BCUT2D eigenvalue weighted by atomic mass is 16.8. The third-order valence-corrected chi connectivity index (χ3v) is 13.1. The SMILES string of the molecule is OC[C@H]1O[C@@H]2O[C@H]3[C@H](O)[C@@H](O)[C@@H](O[C@H]4[C@@H]5O[C@@H]5[C@@H](O[C@H]5[C@H](O)[C@@H](O)[C@@H](O[C@H]6[C@@H]7OC[C@H]6O[C@H](O[C@H]6[C@H](O)[C@@H](O)[C@@H](O[C@H]1[C@H](O)[C@H]2O)O[C@@H]6CO)[C@@H]7O)O[C@@H]5CO)O[C@@H]4CO)O[C@@H]3CO. The molecule has 368 valence electrons. The van der Waals surface area contributed by atoms with Crippen molar-refractivity contribution in [1.29, 1.82) is 0 Å². The molecule has 23 aliphatic rings. The molecule has 0 spiro atoms. The minimum atomic E-state index is -2.06. The lowest BCUT2D eigenvalue weighted by Crippen LogP contribution is -2.67. The summed E-state index contributed by atoms with van der Waals surface area (Å²) in [7, 11) is 0. The highest BCUT2D eigenvalue weighted by Crippen LogP contribution is 2.44. The molecule has 0 aliphatic carbocycles. The van der Waals surface area contributed by atoms with Crippen LogP contribution in [0.2, 0.25) is 0 Å². The van der Waals surface area contributed by atoms with E-state index in [4.69, 9.17) is 66.3 Å². The molecule has 23 heterocycles. The van der Waals surface area contributed by atoms with Crippen molar-refractivity contribution in [2.45, 2.75) is 184 Å². The molecular formula is C36H56O28. The average Bonchev–Trinajstić information content (AvgIpc) is 4.04. The number of aliphatic hydroxyl groups is 14. The average molecular weight is 937 g/mol. The predicted molar refractivity (Wildman–Crippen MR) is 189 cm³/mol. The fraction of sp³-hybridized carbons (Fsp3) is 1.00. The Hall–Kier alpha value is -1.12. The second-order valence-electron chi connectivity index (χ2n) is 17.1. The molecule has 0 amide bonds. The van der Waals surface area contributed by atoms with Gasteiger partial charge in [-0.2, -0.15) is 0 Å². The van der Waals surface area contributed by atoms with E-state index in [1.165, 1.54) is 0 Å². The van der Waals surface area contributed by atoms with Crippen molar-refractivity contribution in [3.05, 3.63) is 0 Å². The van der Waals surface area contributed by atoms with Gasteiger partial charge in [0.05, 0.1) is 39.6 Å². The summed E-state index contributed by atoms with van der Waals surface area (Å²) in [6.07, 6.45) is -48.0. The fourth-order valence-electron chi connectivity index (χ4n) is 9.54. The Morgan fingerprint density at radius 1 is 0.250 bits per heavy atom. The predicted octanol–water partition coefficient (Wildman–Crippen LogP) is -11.0. The summed E-state index contributed by atoms with van der Waals surface area (Å²) in [5.41, 5.74) is 0. The first-order valence-electron chi connectivity index (χ1n) is 21.0. The van der Waals surface area contributed by atoms with E-state index in [0.717, 1.165) is 0 Å². The van der Waals surface area contributed by atoms with Crippen molar-refractivity contribution in [2.75, 3.05) is 39.6 Å². The first kappa shape index (κ1) is 47.9. The molecule has 64 heavy (non-hydrogen) atoms. The van der Waals surface area contributed by atoms with Gasteiger partial charge in [-0.1, -0.05) is 0 Å². The Morgan fingerprint density at radius 3 is 0.953 bits per heavy atom. The Balaban J connectivity index is 0.989. The van der Waals surface area contributed by atoms with E-state index >= 15 is 0 Å². The normalized spacial score (nSPS) is 57.8. The maximum absolute atomic E-state index is 11.4. The van der Waals surface area contributed by atoms with Crippen LogP contribution in [0.15, 0.2) is 0 Å². The topological polar surface area (TPSA) is 416 Å². The molecule has 23 rings (SSSR count). The Morgan fingerprint density at radius 2 is 0.562 bits per heavy atom. The fourth-order valence-corrected chi connectivity index (χ4v) is 9.54. The first-order chi connectivity index (χ1) is 30.7. The summed E-state index contributed by atoms with van der Waals surface area (Å²) in [6.45, 7) is -4.40. The molecule has 14 bridgehead atoms. The van der Waals surface area contributed by atoms with Gasteiger partial charge in [-0.05, 0) is 0 Å². The smallest absolute Gasteiger partial charge is 0.187 e. The van der Waals surface area contributed by atoms with Crippen LogP contribution in [0.5, 0.6) is 0 Å². The van der Waals surface area contributed by atoms with Gasteiger partial charge >= 0.3 is 0 Å². The molecule has 0 aromatic rings. The van der Waals surface area contributed by atoms with E-state index in [2.05, 4.69) is 0 Å². The molecule has 28 heteroatoms. The minimum absolute atomic E-state index is 0.193. The van der Waals surface area contributed by atoms with Crippen LogP contribution >= 0.6 is 0 Å². The van der Waals surface area contributed by atoms with Gasteiger partial charge < -0.3 is 138 Å². The third kappa shape index (κ3) is 8.54. The molecule has 30 atom stereocenters. The van der Waals surface area contributed by atoms with Crippen molar-refractivity contribution in [2.24, 2.45) is 0 Å². The zero-order valence-corrected chi connectivity index (χ0v) is 33.5. The molecule has 23 aliphatic heterocycles. The van der Waals surface area contributed by atoms with Crippen molar-refractivity contribution in [3.8, 4) is 0 Å². The summed E-state index contributed by atoms with van der Waals surface area (Å²) in [6, 6.07) is 0. The summed E-state index contributed by atoms with van der Waals surface area (Å²) >= 11 is 0. The van der Waals surface area contributed by atoms with Crippen LogP contribution in [0.4, 0.5) is 0 Å². The van der Waals surface area contributed by atoms with Crippen molar-refractivity contribution in [1.82, 2.24) is 0 Å². The number of ether oxygens (including phenoxy) is 14. The molecule has 28 nitrogen and oxygen atoms in total. The zero-order chi connectivity index (χ0) is 45.5. The van der Waals surface area contributed by atoms with E-state index < -0.39 is 217 Å². The van der Waals surface area contributed by atoms with Gasteiger partial charge in [0, 0.05) is 0 Å². The number of epoxide rings is 1. The third-order valence-electron chi connectivity index (χ3n) is 13.1. The Kier molecular flexibility index (Phi) is 14.5. The van der Waals surface area contributed by atoms with Crippen LogP contribution in [0.25, 0.3) is 0 Å². The van der Waals surface area contributed by atoms with Crippen LogP contribution < -0.4 is 0 Å². The second kappa shape index (κ2) is 19.3. The summed E-state index contributed by atoms with van der Waals surface area (Å²) in [5, 5.41) is 153. The molecule has 14 N–H and O–H groups in total. The first-order valence-corrected chi connectivity index (χ1v) is 21.0. The maximum atomic E-state index is 11.4. The molecule has 0 saturated carbocycles. The van der Waals surface area contributed by atoms with Crippen LogP contribution in [0.3, 0.4) is 0 Å². The summed E-state index contributed by atoms with van der Waals surface area (Å²) in [5.74, 6) is 0. The molecule has 23 saturated heterocycles. The van der Waals surface area contributed by atoms with Gasteiger partial charge in [0.25, 0.3) is 0 Å². The number of hydrogen-bond acceptors (Lipinski definition) is 28. The van der Waals surface area contributed by atoms with E-state index in [0.29, 0.717) is 0 Å². The quantitative estimate of drug-likeness (QED) is 0.114. The lowest BCUT2D eigenvalue weighted by molar-refractivity contribution is -0.392. The number of rotatable bonds is 5. The van der Waals surface area contributed by atoms with Gasteiger partial charge in [0.1, 0.15) is 146 Å². The second-order valence-corrected chi connectivity index (χ2v) is 17.1.